The molecule has 0 spiro atoms. The highest BCUT2D eigenvalue weighted by Crippen LogP contribution is 1.96. The fourth-order valence-electron chi connectivity index (χ4n) is 1.02. The Kier molecular flexibility index (Phi) is 6.57. The fraction of sp³-hybridized carbons (Fsp3) is 1.00. The van der Waals surface area contributed by atoms with Gasteiger partial charge in [0.2, 0.25) is 0 Å². The highest BCUT2D eigenvalue weighted by atomic mass is 16.3. The second kappa shape index (κ2) is 6.62. The van der Waals surface area contributed by atoms with Crippen LogP contribution in [0.5, 0.6) is 0 Å². The average molecular weight is 159 g/mol. The lowest BCUT2D eigenvalue weighted by atomic mass is 10.1. The molecule has 1 atom stereocenters. The quantitative estimate of drug-likeness (QED) is 0.616. The molecule has 68 valence electrons. The maximum absolute atomic E-state index is 9.24. The van der Waals surface area contributed by atoms with Crippen molar-refractivity contribution in [1.82, 2.24) is 5.32 Å². The largest absolute Gasteiger partial charge is 0.392 e. The lowest BCUT2D eigenvalue weighted by Gasteiger charge is -2.16. The predicted molar refractivity (Wildman–Crippen MR) is 48.7 cm³/mol. The van der Waals surface area contributed by atoms with Crippen LogP contribution in [0.2, 0.25) is 0 Å². The summed E-state index contributed by atoms with van der Waals surface area (Å²) in [5.74, 6) is 0. The van der Waals surface area contributed by atoms with Crippen molar-refractivity contribution >= 4 is 0 Å². The van der Waals surface area contributed by atoms with Crippen LogP contribution in [0.3, 0.4) is 0 Å². The topological polar surface area (TPSA) is 32.3 Å². The lowest BCUT2D eigenvalue weighted by Crippen LogP contribution is -2.34. The maximum atomic E-state index is 9.24. The van der Waals surface area contributed by atoms with Crippen LogP contribution in [0.15, 0.2) is 0 Å². The first-order chi connectivity index (χ1) is 5.24. The van der Waals surface area contributed by atoms with Crippen LogP contribution < -0.4 is 5.32 Å². The number of aliphatic hydroxyl groups excluding tert-OH is 1. The molecule has 0 aromatic heterocycles. The van der Waals surface area contributed by atoms with E-state index in [4.69, 9.17) is 0 Å². The van der Waals surface area contributed by atoms with E-state index in [-0.39, 0.29) is 6.10 Å². The van der Waals surface area contributed by atoms with Crippen LogP contribution in [-0.4, -0.2) is 23.8 Å². The molecule has 2 nitrogen and oxygen atoms in total. The van der Waals surface area contributed by atoms with Gasteiger partial charge in [0.15, 0.2) is 0 Å². The summed E-state index contributed by atoms with van der Waals surface area (Å²) in [4.78, 5) is 0. The van der Waals surface area contributed by atoms with Crippen molar-refractivity contribution in [2.45, 2.75) is 52.2 Å². The summed E-state index contributed by atoms with van der Waals surface area (Å²) in [6.45, 7) is 7.07. The average Bonchev–Trinajstić information content (AvgIpc) is 2.06. The van der Waals surface area contributed by atoms with Gasteiger partial charge in [-0.1, -0.05) is 20.8 Å². The zero-order valence-corrected chi connectivity index (χ0v) is 7.93. The molecule has 0 aromatic carbocycles. The van der Waals surface area contributed by atoms with Gasteiger partial charge < -0.3 is 10.4 Å². The number of rotatable bonds is 6. The summed E-state index contributed by atoms with van der Waals surface area (Å²) >= 11 is 0. The van der Waals surface area contributed by atoms with Crippen LogP contribution in [-0.2, 0) is 0 Å². The minimum atomic E-state index is -0.171. The fourth-order valence-corrected chi connectivity index (χ4v) is 1.02. The molecule has 0 saturated carbocycles. The van der Waals surface area contributed by atoms with Crippen molar-refractivity contribution in [1.29, 1.82) is 0 Å². The molecule has 0 heterocycles. The van der Waals surface area contributed by atoms with E-state index in [0.717, 1.165) is 25.8 Å². The molecular formula is C9H21NO. The molecule has 0 saturated heterocycles. The van der Waals surface area contributed by atoms with Crippen molar-refractivity contribution in [3.05, 3.63) is 0 Å². The number of aliphatic hydroxyl groups is 1. The molecule has 0 radical (unpaired) electrons. The van der Waals surface area contributed by atoms with Crippen molar-refractivity contribution in [2.75, 3.05) is 6.54 Å². The Balaban J connectivity index is 3.34. The summed E-state index contributed by atoms with van der Waals surface area (Å²) in [6.07, 6.45) is 2.96. The van der Waals surface area contributed by atoms with Gasteiger partial charge in [-0.3, -0.25) is 0 Å². The second-order valence-electron chi connectivity index (χ2n) is 2.98. The van der Waals surface area contributed by atoms with Gasteiger partial charge in [-0.05, 0) is 19.3 Å². The van der Waals surface area contributed by atoms with E-state index < -0.39 is 0 Å². The molecule has 0 amide bonds. The van der Waals surface area contributed by atoms with E-state index in [1.165, 1.54) is 0 Å². The van der Waals surface area contributed by atoms with Crippen molar-refractivity contribution in [2.24, 2.45) is 0 Å². The molecule has 0 aliphatic heterocycles. The Hall–Kier alpha value is -0.0800. The standard InChI is InChI=1S/C9H21NO/c1-4-8(5-2)10-7-9(11)6-3/h8-11H,4-7H2,1-3H3. The third-order valence-corrected chi connectivity index (χ3v) is 2.10. The van der Waals surface area contributed by atoms with Gasteiger partial charge in [-0.2, -0.15) is 0 Å². The van der Waals surface area contributed by atoms with Gasteiger partial charge in [0.05, 0.1) is 6.10 Å². The zero-order chi connectivity index (χ0) is 8.69. The van der Waals surface area contributed by atoms with Crippen LogP contribution in [0.4, 0.5) is 0 Å². The summed E-state index contributed by atoms with van der Waals surface area (Å²) < 4.78 is 0. The molecule has 2 heteroatoms. The van der Waals surface area contributed by atoms with Crippen LogP contribution in [0.25, 0.3) is 0 Å². The Morgan fingerprint density at radius 2 is 1.64 bits per heavy atom. The van der Waals surface area contributed by atoms with Crippen molar-refractivity contribution < 1.29 is 5.11 Å². The first-order valence-corrected chi connectivity index (χ1v) is 4.65. The Morgan fingerprint density at radius 3 is 2.00 bits per heavy atom. The van der Waals surface area contributed by atoms with Gasteiger partial charge in [-0.25, -0.2) is 0 Å². The monoisotopic (exact) mass is 159 g/mol. The molecule has 0 rings (SSSR count). The van der Waals surface area contributed by atoms with E-state index in [1.807, 2.05) is 6.92 Å². The van der Waals surface area contributed by atoms with Gasteiger partial charge in [0.25, 0.3) is 0 Å². The first-order valence-electron chi connectivity index (χ1n) is 4.65. The Morgan fingerprint density at radius 1 is 1.09 bits per heavy atom. The SMILES string of the molecule is CCC(O)CNC(CC)CC. The highest BCUT2D eigenvalue weighted by Gasteiger charge is 2.04. The van der Waals surface area contributed by atoms with E-state index in [2.05, 4.69) is 19.2 Å². The summed E-state index contributed by atoms with van der Waals surface area (Å²) in [5, 5.41) is 12.6. The molecule has 0 aromatic rings. The number of nitrogens with one attached hydrogen (secondary N) is 1. The molecule has 2 N–H and O–H groups in total. The van der Waals surface area contributed by atoms with E-state index in [1.54, 1.807) is 0 Å². The lowest BCUT2D eigenvalue weighted by molar-refractivity contribution is 0.162. The predicted octanol–water partition coefficient (Wildman–Crippen LogP) is 1.54. The van der Waals surface area contributed by atoms with Crippen LogP contribution in [0, 0.1) is 0 Å². The van der Waals surface area contributed by atoms with Gasteiger partial charge in [0, 0.05) is 12.6 Å². The van der Waals surface area contributed by atoms with Crippen molar-refractivity contribution in [3.63, 3.8) is 0 Å². The smallest absolute Gasteiger partial charge is 0.0662 e. The van der Waals surface area contributed by atoms with Crippen LogP contribution in [0.1, 0.15) is 40.0 Å². The summed E-state index contributed by atoms with van der Waals surface area (Å²) in [7, 11) is 0. The Labute approximate surface area is 70.0 Å². The minimum Gasteiger partial charge on any atom is -0.392 e. The van der Waals surface area contributed by atoms with E-state index in [9.17, 15) is 5.11 Å². The molecule has 0 aliphatic rings. The number of hydrogen-bond donors (Lipinski definition) is 2. The highest BCUT2D eigenvalue weighted by molar-refractivity contribution is 4.65. The van der Waals surface area contributed by atoms with Crippen LogP contribution >= 0.6 is 0 Å². The molecule has 1 unspecified atom stereocenters. The zero-order valence-electron chi connectivity index (χ0n) is 7.93. The summed E-state index contributed by atoms with van der Waals surface area (Å²) in [6, 6.07) is 0.580. The molecular weight excluding hydrogens is 138 g/mol. The second-order valence-corrected chi connectivity index (χ2v) is 2.98. The first kappa shape index (κ1) is 10.9. The third-order valence-electron chi connectivity index (χ3n) is 2.10. The van der Waals surface area contributed by atoms with Gasteiger partial charge in [0.1, 0.15) is 0 Å². The number of hydrogen-bond acceptors (Lipinski definition) is 2. The van der Waals surface area contributed by atoms with Gasteiger partial charge >= 0.3 is 0 Å². The molecule has 0 bridgehead atoms. The minimum absolute atomic E-state index is 0.171. The summed E-state index contributed by atoms with van der Waals surface area (Å²) in [5.41, 5.74) is 0. The molecule has 0 aliphatic carbocycles. The third kappa shape index (κ3) is 5.22. The normalized spacial score (nSPS) is 13.9. The molecule has 0 fully saturated rings. The maximum Gasteiger partial charge on any atom is 0.0662 e. The Bertz CT molecular complexity index is 81.6. The van der Waals surface area contributed by atoms with Gasteiger partial charge in [-0.15, -0.1) is 0 Å². The van der Waals surface area contributed by atoms with Crippen molar-refractivity contribution in [3.8, 4) is 0 Å². The van der Waals surface area contributed by atoms with E-state index >= 15 is 0 Å². The van der Waals surface area contributed by atoms with E-state index in [0.29, 0.717) is 6.04 Å². The molecule has 11 heavy (non-hydrogen) atoms.